The molecule has 0 spiro atoms. The topological polar surface area (TPSA) is 58.6 Å². The molecule has 25 heavy (non-hydrogen) atoms. The first-order valence-electron chi connectivity index (χ1n) is 8.65. The molecule has 2 N–H and O–H groups in total. The van der Waals surface area contributed by atoms with E-state index in [1.807, 2.05) is 24.3 Å². The summed E-state index contributed by atoms with van der Waals surface area (Å²) in [7, 11) is 1.54. The molecule has 0 saturated heterocycles. The van der Waals surface area contributed by atoms with E-state index in [0.29, 0.717) is 12.2 Å². The fourth-order valence-electron chi connectivity index (χ4n) is 3.90. The average molecular weight is 335 g/mol. The first kappa shape index (κ1) is 15.8. The second-order valence-corrected chi connectivity index (χ2v) is 6.64. The van der Waals surface area contributed by atoms with Gasteiger partial charge >= 0.3 is 0 Å². The highest BCUT2D eigenvalue weighted by Crippen LogP contribution is 2.42. The molecule has 1 atom stereocenters. The van der Waals surface area contributed by atoms with Crippen molar-refractivity contribution < 1.29 is 14.6 Å². The minimum absolute atomic E-state index is 0.0338. The number of hydrogen-bond donors (Lipinski definition) is 2. The van der Waals surface area contributed by atoms with Gasteiger partial charge in [-0.05, 0) is 48.6 Å². The van der Waals surface area contributed by atoms with Gasteiger partial charge in [0.1, 0.15) is 0 Å². The molecule has 0 radical (unpaired) electrons. The minimum atomic E-state index is -0.0338. The molecule has 4 rings (SSSR count). The second kappa shape index (κ2) is 6.28. The lowest BCUT2D eigenvalue weighted by atomic mass is 9.79. The van der Waals surface area contributed by atoms with Gasteiger partial charge in [0.15, 0.2) is 17.3 Å². The molecule has 4 nitrogen and oxygen atoms in total. The largest absolute Gasteiger partial charge is 0.504 e. The van der Waals surface area contributed by atoms with E-state index >= 15 is 0 Å². The number of ether oxygens (including phenoxy) is 1. The van der Waals surface area contributed by atoms with E-state index in [1.54, 1.807) is 13.2 Å². The maximum Gasteiger partial charge on any atom is 0.161 e. The highest BCUT2D eigenvalue weighted by atomic mass is 16.5. The summed E-state index contributed by atoms with van der Waals surface area (Å²) in [5.41, 5.74) is 5.20. The number of methoxy groups -OCH3 is 1. The van der Waals surface area contributed by atoms with Crippen LogP contribution in [0.15, 0.2) is 53.7 Å². The van der Waals surface area contributed by atoms with Gasteiger partial charge in [-0.25, -0.2) is 0 Å². The van der Waals surface area contributed by atoms with Gasteiger partial charge in [-0.3, -0.25) is 4.79 Å². The van der Waals surface area contributed by atoms with Gasteiger partial charge in [0.05, 0.1) is 7.11 Å². The molecule has 0 fully saturated rings. The number of anilines is 1. The van der Waals surface area contributed by atoms with Crippen LogP contribution < -0.4 is 10.1 Å². The Hall–Kier alpha value is -2.75. The Bertz CT molecular complexity index is 869. The van der Waals surface area contributed by atoms with Gasteiger partial charge in [0, 0.05) is 29.3 Å². The van der Waals surface area contributed by atoms with E-state index in [2.05, 4.69) is 17.4 Å². The number of allylic oxidation sites excluding steroid dienone is 2. The SMILES string of the molecule is COc1cc(C2Cc3ccccc3NC3=C2C(=O)CCC3)ccc1O. The molecule has 2 aromatic carbocycles. The molecule has 0 saturated carbocycles. The first-order chi connectivity index (χ1) is 12.2. The predicted molar refractivity (Wildman–Crippen MR) is 97.1 cm³/mol. The van der Waals surface area contributed by atoms with Crippen LogP contribution in [0.4, 0.5) is 5.69 Å². The van der Waals surface area contributed by atoms with Crippen LogP contribution in [0.3, 0.4) is 0 Å². The molecule has 1 heterocycles. The number of carbonyl (C=O) groups is 1. The van der Waals surface area contributed by atoms with Gasteiger partial charge < -0.3 is 15.2 Å². The fourth-order valence-corrected chi connectivity index (χ4v) is 3.90. The molecule has 2 aliphatic rings. The number of fused-ring (bicyclic) bond motifs is 1. The van der Waals surface area contributed by atoms with E-state index in [-0.39, 0.29) is 17.5 Å². The number of aromatic hydroxyl groups is 1. The minimum Gasteiger partial charge on any atom is -0.504 e. The molecule has 1 aliphatic carbocycles. The predicted octanol–water partition coefficient (Wildman–Crippen LogP) is 4.16. The fraction of sp³-hybridized carbons (Fsp3) is 0.286. The van der Waals surface area contributed by atoms with Crippen LogP contribution in [0.1, 0.15) is 36.3 Å². The molecule has 128 valence electrons. The Morgan fingerprint density at radius 1 is 1.16 bits per heavy atom. The highest BCUT2D eigenvalue weighted by molar-refractivity contribution is 5.99. The molecule has 4 heteroatoms. The smallest absolute Gasteiger partial charge is 0.161 e. The zero-order chi connectivity index (χ0) is 17.4. The van der Waals surface area contributed by atoms with Crippen LogP contribution in [-0.4, -0.2) is 18.0 Å². The normalized spacial score (nSPS) is 19.6. The standard InChI is InChI=1S/C21H21NO3/c1-25-20-12-13(9-10-18(20)23)15-11-14-5-2-3-6-16(14)22-17-7-4-8-19(24)21(15)17/h2-3,5-6,9-10,12,15,22-23H,4,7-8,11H2,1H3. The van der Waals surface area contributed by atoms with Crippen LogP contribution in [0.2, 0.25) is 0 Å². The van der Waals surface area contributed by atoms with E-state index in [0.717, 1.165) is 41.8 Å². The highest BCUT2D eigenvalue weighted by Gasteiger charge is 2.32. The number of ketones is 1. The van der Waals surface area contributed by atoms with Crippen molar-refractivity contribution in [1.29, 1.82) is 0 Å². The van der Waals surface area contributed by atoms with E-state index < -0.39 is 0 Å². The summed E-state index contributed by atoms with van der Waals surface area (Å²) in [5.74, 6) is 0.739. The first-order valence-corrected chi connectivity index (χ1v) is 8.65. The van der Waals surface area contributed by atoms with Crippen LogP contribution in [0.25, 0.3) is 0 Å². The van der Waals surface area contributed by atoms with Crippen molar-refractivity contribution in [3.05, 3.63) is 64.9 Å². The van der Waals surface area contributed by atoms with Crippen molar-refractivity contribution >= 4 is 11.5 Å². The van der Waals surface area contributed by atoms with Crippen molar-refractivity contribution in [2.75, 3.05) is 12.4 Å². The molecule has 2 aromatic rings. The van der Waals surface area contributed by atoms with Crippen molar-refractivity contribution in [1.82, 2.24) is 0 Å². The Kier molecular flexibility index (Phi) is 3.96. The quantitative estimate of drug-likeness (QED) is 0.865. The number of phenols is 1. The summed E-state index contributed by atoms with van der Waals surface area (Å²) < 4.78 is 5.27. The summed E-state index contributed by atoms with van der Waals surface area (Å²) in [6.07, 6.45) is 3.13. The zero-order valence-electron chi connectivity index (χ0n) is 14.2. The summed E-state index contributed by atoms with van der Waals surface area (Å²) in [5, 5.41) is 13.4. The van der Waals surface area contributed by atoms with Gasteiger partial charge in [-0.2, -0.15) is 0 Å². The Labute approximate surface area is 147 Å². The lowest BCUT2D eigenvalue weighted by Crippen LogP contribution is -2.20. The Balaban J connectivity index is 1.87. The number of rotatable bonds is 2. The van der Waals surface area contributed by atoms with Crippen LogP contribution >= 0.6 is 0 Å². The van der Waals surface area contributed by atoms with Gasteiger partial charge in [0.2, 0.25) is 0 Å². The van der Waals surface area contributed by atoms with Crippen molar-refractivity contribution in [2.24, 2.45) is 0 Å². The molecule has 0 amide bonds. The van der Waals surface area contributed by atoms with Crippen molar-refractivity contribution in [3.63, 3.8) is 0 Å². The number of hydrogen-bond acceptors (Lipinski definition) is 4. The summed E-state index contributed by atoms with van der Waals surface area (Å²) >= 11 is 0. The van der Waals surface area contributed by atoms with Crippen molar-refractivity contribution in [3.8, 4) is 11.5 Å². The molecule has 1 unspecified atom stereocenters. The number of para-hydroxylation sites is 1. The Morgan fingerprint density at radius 2 is 2.00 bits per heavy atom. The molecule has 0 bridgehead atoms. The lowest BCUT2D eigenvalue weighted by molar-refractivity contribution is -0.116. The maximum absolute atomic E-state index is 12.8. The lowest BCUT2D eigenvalue weighted by Gasteiger charge is -2.25. The number of phenolic OH excluding ortho intramolecular Hbond substituents is 1. The molecule has 1 aliphatic heterocycles. The maximum atomic E-state index is 12.8. The summed E-state index contributed by atoms with van der Waals surface area (Å²) in [6.45, 7) is 0. The average Bonchev–Trinajstić information content (AvgIpc) is 2.79. The van der Waals surface area contributed by atoms with Crippen LogP contribution in [0, 0.1) is 0 Å². The second-order valence-electron chi connectivity index (χ2n) is 6.64. The third-order valence-electron chi connectivity index (χ3n) is 5.14. The van der Waals surface area contributed by atoms with Gasteiger partial charge in [-0.15, -0.1) is 0 Å². The van der Waals surface area contributed by atoms with Gasteiger partial charge in [0.25, 0.3) is 0 Å². The molecule has 0 aromatic heterocycles. The van der Waals surface area contributed by atoms with Crippen LogP contribution in [0.5, 0.6) is 11.5 Å². The number of benzene rings is 2. The van der Waals surface area contributed by atoms with Gasteiger partial charge in [-0.1, -0.05) is 24.3 Å². The van der Waals surface area contributed by atoms with E-state index in [9.17, 15) is 9.90 Å². The summed E-state index contributed by atoms with van der Waals surface area (Å²) in [4.78, 5) is 12.8. The molecular formula is C21H21NO3. The number of carbonyl (C=O) groups excluding carboxylic acids is 1. The Morgan fingerprint density at radius 3 is 2.84 bits per heavy atom. The molecular weight excluding hydrogens is 314 g/mol. The third kappa shape index (κ3) is 2.78. The van der Waals surface area contributed by atoms with E-state index in [1.165, 1.54) is 5.56 Å². The van der Waals surface area contributed by atoms with E-state index in [4.69, 9.17) is 4.74 Å². The van der Waals surface area contributed by atoms with Crippen molar-refractivity contribution in [2.45, 2.75) is 31.6 Å². The third-order valence-corrected chi connectivity index (χ3v) is 5.14. The monoisotopic (exact) mass is 335 g/mol. The summed E-state index contributed by atoms with van der Waals surface area (Å²) in [6, 6.07) is 13.6. The van der Waals surface area contributed by atoms with Crippen LogP contribution in [-0.2, 0) is 11.2 Å². The number of Topliss-reactive ketones (excluding diaryl/α,β-unsaturated/α-hetero) is 1. The number of nitrogens with one attached hydrogen (secondary N) is 1. The zero-order valence-corrected chi connectivity index (χ0v) is 14.2.